The van der Waals surface area contributed by atoms with E-state index >= 15 is 0 Å². The van der Waals surface area contributed by atoms with Crippen molar-refractivity contribution in [2.24, 2.45) is 0 Å². The van der Waals surface area contributed by atoms with Gasteiger partial charge in [0.1, 0.15) is 0 Å². The predicted octanol–water partition coefficient (Wildman–Crippen LogP) is 2.35. The van der Waals surface area contributed by atoms with Crippen LogP contribution < -0.4 is 0 Å². The third kappa shape index (κ3) is 3.64. The zero-order valence-electron chi connectivity index (χ0n) is 8.66. The molecule has 0 aliphatic rings. The fourth-order valence-electron chi connectivity index (χ4n) is 1.32. The highest BCUT2D eigenvalue weighted by Gasteiger charge is 2.13. The topological polar surface area (TPSA) is 46.5 Å². The van der Waals surface area contributed by atoms with Crippen LogP contribution >= 0.6 is 15.9 Å². The third-order valence-electron chi connectivity index (χ3n) is 2.04. The number of aliphatic hydroxyl groups excluding tert-OH is 1. The maximum absolute atomic E-state index is 11.0. The van der Waals surface area contributed by atoms with Crippen LogP contribution in [0.2, 0.25) is 0 Å². The molecule has 0 radical (unpaired) electrons. The molecule has 1 unspecified atom stereocenters. The molecule has 0 aliphatic heterocycles. The molecule has 15 heavy (non-hydrogen) atoms. The quantitative estimate of drug-likeness (QED) is 0.860. The van der Waals surface area contributed by atoms with E-state index in [9.17, 15) is 9.90 Å². The number of rotatable bonds is 3. The molecule has 0 bridgehead atoms. The van der Waals surface area contributed by atoms with Crippen molar-refractivity contribution in [2.45, 2.75) is 19.4 Å². The summed E-state index contributed by atoms with van der Waals surface area (Å²) >= 11 is 3.34. The Labute approximate surface area is 97.2 Å². The summed E-state index contributed by atoms with van der Waals surface area (Å²) in [4.78, 5) is 11.0. The van der Waals surface area contributed by atoms with E-state index in [2.05, 4.69) is 20.7 Å². The minimum absolute atomic E-state index is 0.0214. The van der Waals surface area contributed by atoms with Gasteiger partial charge in [0.05, 0.1) is 19.6 Å². The van der Waals surface area contributed by atoms with Crippen molar-refractivity contribution in [2.75, 3.05) is 7.11 Å². The van der Waals surface area contributed by atoms with E-state index in [1.54, 1.807) is 6.07 Å². The van der Waals surface area contributed by atoms with E-state index in [1.807, 2.05) is 19.1 Å². The Kier molecular flexibility index (Phi) is 4.29. The monoisotopic (exact) mass is 272 g/mol. The summed E-state index contributed by atoms with van der Waals surface area (Å²) < 4.78 is 5.38. The van der Waals surface area contributed by atoms with Crippen molar-refractivity contribution in [1.29, 1.82) is 0 Å². The first-order valence-corrected chi connectivity index (χ1v) is 5.34. The van der Waals surface area contributed by atoms with Gasteiger partial charge in [0.15, 0.2) is 0 Å². The van der Waals surface area contributed by atoms with E-state index < -0.39 is 12.1 Å². The van der Waals surface area contributed by atoms with Gasteiger partial charge in [-0.25, -0.2) is 0 Å². The summed E-state index contributed by atoms with van der Waals surface area (Å²) in [7, 11) is 1.31. The zero-order chi connectivity index (χ0) is 11.4. The average molecular weight is 273 g/mol. The first kappa shape index (κ1) is 12.2. The molecule has 0 saturated heterocycles. The van der Waals surface area contributed by atoms with Crippen LogP contribution in [0.4, 0.5) is 0 Å². The van der Waals surface area contributed by atoms with Crippen molar-refractivity contribution in [1.82, 2.24) is 0 Å². The van der Waals surface area contributed by atoms with E-state index in [0.717, 1.165) is 10.0 Å². The minimum atomic E-state index is -0.811. The first-order chi connectivity index (χ1) is 7.02. The van der Waals surface area contributed by atoms with Gasteiger partial charge >= 0.3 is 5.97 Å². The SMILES string of the molecule is COC(=O)CC(O)c1cc(C)cc(Br)c1. The molecule has 1 aromatic rings. The smallest absolute Gasteiger partial charge is 0.308 e. The van der Waals surface area contributed by atoms with Gasteiger partial charge < -0.3 is 9.84 Å². The minimum Gasteiger partial charge on any atom is -0.469 e. The summed E-state index contributed by atoms with van der Waals surface area (Å²) in [5.74, 6) is -0.417. The van der Waals surface area contributed by atoms with Crippen molar-refractivity contribution in [3.63, 3.8) is 0 Å². The number of hydrogen-bond acceptors (Lipinski definition) is 3. The van der Waals surface area contributed by atoms with Crippen LogP contribution in [0.15, 0.2) is 22.7 Å². The molecule has 0 aliphatic carbocycles. The molecule has 0 spiro atoms. The highest BCUT2D eigenvalue weighted by Crippen LogP contribution is 2.22. The molecule has 4 heteroatoms. The van der Waals surface area contributed by atoms with Crippen LogP contribution in [0.1, 0.15) is 23.7 Å². The Bertz CT molecular complexity index is 343. The molecule has 0 saturated carbocycles. The number of benzene rings is 1. The van der Waals surface area contributed by atoms with E-state index in [4.69, 9.17) is 0 Å². The molecule has 0 fully saturated rings. The van der Waals surface area contributed by atoms with Gasteiger partial charge in [-0.3, -0.25) is 4.79 Å². The molecule has 3 nitrogen and oxygen atoms in total. The standard InChI is InChI=1S/C11H13BrO3/c1-7-3-8(5-9(12)4-7)10(13)6-11(14)15-2/h3-5,10,13H,6H2,1-2H3. The predicted molar refractivity (Wildman–Crippen MR) is 60.5 cm³/mol. The average Bonchev–Trinajstić information content (AvgIpc) is 2.16. The maximum Gasteiger partial charge on any atom is 0.308 e. The van der Waals surface area contributed by atoms with E-state index in [-0.39, 0.29) is 6.42 Å². The molecule has 1 rings (SSSR count). The maximum atomic E-state index is 11.0. The number of aryl methyl sites for hydroxylation is 1. The molecule has 82 valence electrons. The number of aliphatic hydroxyl groups is 1. The van der Waals surface area contributed by atoms with Gasteiger partial charge in [0, 0.05) is 4.47 Å². The van der Waals surface area contributed by atoms with Crippen LogP contribution in [0, 0.1) is 6.92 Å². The van der Waals surface area contributed by atoms with Gasteiger partial charge in [0.25, 0.3) is 0 Å². The summed E-state index contributed by atoms with van der Waals surface area (Å²) in [6, 6.07) is 5.58. The molecule has 0 aromatic heterocycles. The van der Waals surface area contributed by atoms with Crippen molar-refractivity contribution < 1.29 is 14.6 Å². The number of halogens is 1. The van der Waals surface area contributed by atoms with Crippen molar-refractivity contribution >= 4 is 21.9 Å². The Morgan fingerprint density at radius 2 is 2.20 bits per heavy atom. The van der Waals surface area contributed by atoms with Crippen LogP contribution in [0.25, 0.3) is 0 Å². The van der Waals surface area contributed by atoms with Crippen molar-refractivity contribution in [3.8, 4) is 0 Å². The van der Waals surface area contributed by atoms with Gasteiger partial charge in [-0.2, -0.15) is 0 Å². The third-order valence-corrected chi connectivity index (χ3v) is 2.49. The molecule has 1 aromatic carbocycles. The Balaban J connectivity index is 2.81. The fourth-order valence-corrected chi connectivity index (χ4v) is 1.94. The highest BCUT2D eigenvalue weighted by molar-refractivity contribution is 9.10. The van der Waals surface area contributed by atoms with Gasteiger partial charge in [-0.15, -0.1) is 0 Å². The lowest BCUT2D eigenvalue weighted by atomic mass is 10.0. The summed E-state index contributed by atoms with van der Waals surface area (Å²) in [5, 5.41) is 9.75. The Morgan fingerprint density at radius 3 is 2.73 bits per heavy atom. The van der Waals surface area contributed by atoms with Gasteiger partial charge in [0.2, 0.25) is 0 Å². The van der Waals surface area contributed by atoms with Gasteiger partial charge in [-0.1, -0.05) is 22.0 Å². The van der Waals surface area contributed by atoms with Crippen LogP contribution in [-0.2, 0) is 9.53 Å². The number of carbonyl (C=O) groups excluding carboxylic acids is 1. The lowest BCUT2D eigenvalue weighted by Crippen LogP contribution is -2.08. The number of ether oxygens (including phenoxy) is 1. The summed E-state index contributed by atoms with van der Waals surface area (Å²) in [5.41, 5.74) is 1.75. The highest BCUT2D eigenvalue weighted by atomic mass is 79.9. The normalized spacial score (nSPS) is 12.3. The molecular weight excluding hydrogens is 260 g/mol. The zero-order valence-corrected chi connectivity index (χ0v) is 10.2. The molecule has 0 heterocycles. The second-order valence-electron chi connectivity index (χ2n) is 3.36. The number of methoxy groups -OCH3 is 1. The number of carbonyl (C=O) groups is 1. The number of esters is 1. The summed E-state index contributed by atoms with van der Waals surface area (Å²) in [6.45, 7) is 1.93. The van der Waals surface area contributed by atoms with E-state index in [1.165, 1.54) is 7.11 Å². The lowest BCUT2D eigenvalue weighted by Gasteiger charge is -2.10. The fraction of sp³-hybridized carbons (Fsp3) is 0.364. The van der Waals surface area contributed by atoms with E-state index in [0.29, 0.717) is 5.56 Å². The van der Waals surface area contributed by atoms with Gasteiger partial charge in [-0.05, 0) is 30.2 Å². The van der Waals surface area contributed by atoms with Crippen LogP contribution in [0.3, 0.4) is 0 Å². The molecule has 0 amide bonds. The molecule has 1 N–H and O–H groups in total. The number of hydrogen-bond donors (Lipinski definition) is 1. The summed E-state index contributed by atoms with van der Waals surface area (Å²) in [6.07, 6.45) is -0.833. The molecular formula is C11H13BrO3. The van der Waals surface area contributed by atoms with Crippen LogP contribution in [-0.4, -0.2) is 18.2 Å². The second kappa shape index (κ2) is 5.28. The largest absolute Gasteiger partial charge is 0.469 e. The Morgan fingerprint density at radius 1 is 1.53 bits per heavy atom. The molecule has 1 atom stereocenters. The lowest BCUT2D eigenvalue weighted by molar-refractivity contribution is -0.142. The second-order valence-corrected chi connectivity index (χ2v) is 4.27. The first-order valence-electron chi connectivity index (χ1n) is 4.55. The van der Waals surface area contributed by atoms with Crippen LogP contribution in [0.5, 0.6) is 0 Å². The Hall–Kier alpha value is -0.870. The van der Waals surface area contributed by atoms with Crippen molar-refractivity contribution in [3.05, 3.63) is 33.8 Å².